The number of nitrogens with one attached hydrogen (secondary N) is 1. The second-order valence-electron chi connectivity index (χ2n) is 6.47. The van der Waals surface area contributed by atoms with Gasteiger partial charge in [0.2, 0.25) is 5.91 Å². The first kappa shape index (κ1) is 15.2. The minimum absolute atomic E-state index is 0.192. The normalized spacial score (nSPS) is 27.0. The highest BCUT2D eigenvalue weighted by Crippen LogP contribution is 2.49. The third-order valence-corrected chi connectivity index (χ3v) is 5.65. The standard InChI is InChI=1S/C17H21Cl2NO/c18-15-4-3-12(16(19)10-15)5-6-20-17(21)9-14-8-11-1-2-13(14)7-11/h3-4,10-11,13-14H,1-2,5-9H2,(H,20,21)/t11-,13-,14+/m0/s1. The molecule has 2 aliphatic rings. The first-order valence-electron chi connectivity index (χ1n) is 7.82. The van der Waals surface area contributed by atoms with Gasteiger partial charge in [0.05, 0.1) is 0 Å². The van der Waals surface area contributed by atoms with Gasteiger partial charge in [0.25, 0.3) is 0 Å². The van der Waals surface area contributed by atoms with Crippen LogP contribution in [0.2, 0.25) is 10.0 Å². The summed E-state index contributed by atoms with van der Waals surface area (Å²) < 4.78 is 0. The first-order chi connectivity index (χ1) is 10.1. The van der Waals surface area contributed by atoms with E-state index >= 15 is 0 Å². The lowest BCUT2D eigenvalue weighted by Crippen LogP contribution is -2.29. The smallest absolute Gasteiger partial charge is 0.220 e. The number of carbonyl (C=O) groups excluding carboxylic acids is 1. The van der Waals surface area contributed by atoms with Crippen molar-refractivity contribution in [1.29, 1.82) is 0 Å². The van der Waals surface area contributed by atoms with Crippen LogP contribution in [0, 0.1) is 17.8 Å². The monoisotopic (exact) mass is 325 g/mol. The van der Waals surface area contributed by atoms with E-state index in [1.165, 1.54) is 25.7 Å². The van der Waals surface area contributed by atoms with E-state index in [1.807, 2.05) is 12.1 Å². The van der Waals surface area contributed by atoms with Crippen LogP contribution in [0.25, 0.3) is 0 Å². The summed E-state index contributed by atoms with van der Waals surface area (Å²) >= 11 is 12.0. The molecule has 2 bridgehead atoms. The molecule has 1 aromatic carbocycles. The van der Waals surface area contributed by atoms with Crippen LogP contribution >= 0.6 is 23.2 Å². The Balaban J connectivity index is 1.42. The topological polar surface area (TPSA) is 29.1 Å². The van der Waals surface area contributed by atoms with Gasteiger partial charge in [-0.3, -0.25) is 4.79 Å². The molecule has 1 amide bonds. The molecule has 114 valence electrons. The van der Waals surface area contributed by atoms with Crippen LogP contribution in [0.4, 0.5) is 0 Å². The summed E-state index contributed by atoms with van der Waals surface area (Å²) in [6.07, 6.45) is 6.80. The van der Waals surface area contributed by atoms with Gasteiger partial charge in [0, 0.05) is 23.0 Å². The highest BCUT2D eigenvalue weighted by atomic mass is 35.5. The molecule has 0 saturated heterocycles. The van der Waals surface area contributed by atoms with Crippen molar-refractivity contribution in [3.8, 4) is 0 Å². The zero-order valence-corrected chi connectivity index (χ0v) is 13.6. The summed E-state index contributed by atoms with van der Waals surface area (Å²) in [5.74, 6) is 2.53. The number of hydrogen-bond donors (Lipinski definition) is 1. The Labute approximate surface area is 136 Å². The van der Waals surface area contributed by atoms with Crippen LogP contribution in [0.15, 0.2) is 18.2 Å². The van der Waals surface area contributed by atoms with Gasteiger partial charge in [0.15, 0.2) is 0 Å². The van der Waals surface area contributed by atoms with Crippen LogP contribution in [-0.2, 0) is 11.2 Å². The molecule has 21 heavy (non-hydrogen) atoms. The fourth-order valence-electron chi connectivity index (χ4n) is 4.00. The van der Waals surface area contributed by atoms with Crippen molar-refractivity contribution >= 4 is 29.1 Å². The van der Waals surface area contributed by atoms with Crippen molar-refractivity contribution in [2.45, 2.75) is 38.5 Å². The molecule has 0 aromatic heterocycles. The Morgan fingerprint density at radius 2 is 2.10 bits per heavy atom. The van der Waals surface area contributed by atoms with E-state index in [-0.39, 0.29) is 5.91 Å². The molecule has 3 atom stereocenters. The van der Waals surface area contributed by atoms with E-state index in [9.17, 15) is 4.79 Å². The minimum Gasteiger partial charge on any atom is -0.356 e. The third-order valence-electron chi connectivity index (χ3n) is 5.06. The Bertz CT molecular complexity index is 532. The molecule has 2 aliphatic carbocycles. The van der Waals surface area contributed by atoms with Gasteiger partial charge in [-0.15, -0.1) is 0 Å². The predicted molar refractivity (Wildman–Crippen MR) is 86.7 cm³/mol. The Kier molecular flexibility index (Phi) is 4.75. The summed E-state index contributed by atoms with van der Waals surface area (Å²) in [5.41, 5.74) is 1.03. The first-order valence-corrected chi connectivity index (χ1v) is 8.58. The SMILES string of the molecule is O=C(C[C@H]1C[C@H]2CC[C@H]1C2)NCCc1ccc(Cl)cc1Cl. The van der Waals surface area contributed by atoms with Gasteiger partial charge in [-0.2, -0.15) is 0 Å². The number of benzene rings is 1. The second kappa shape index (κ2) is 6.58. The van der Waals surface area contributed by atoms with Gasteiger partial charge in [-0.05, 0) is 61.1 Å². The molecule has 1 aromatic rings. The lowest BCUT2D eigenvalue weighted by Gasteiger charge is -2.20. The van der Waals surface area contributed by atoms with Crippen LogP contribution in [0.1, 0.15) is 37.7 Å². The second-order valence-corrected chi connectivity index (χ2v) is 7.32. The number of hydrogen-bond acceptors (Lipinski definition) is 1. The Hall–Kier alpha value is -0.730. The molecule has 2 saturated carbocycles. The van der Waals surface area contributed by atoms with Crippen molar-refractivity contribution < 1.29 is 4.79 Å². The quantitative estimate of drug-likeness (QED) is 0.849. The average molecular weight is 326 g/mol. The molecule has 0 spiro atoms. The summed E-state index contributed by atoms with van der Waals surface area (Å²) in [6, 6.07) is 5.50. The average Bonchev–Trinajstić information content (AvgIpc) is 3.03. The van der Waals surface area contributed by atoms with Crippen molar-refractivity contribution in [2.24, 2.45) is 17.8 Å². The molecule has 2 nitrogen and oxygen atoms in total. The van der Waals surface area contributed by atoms with Gasteiger partial charge in [-0.25, -0.2) is 0 Å². The molecule has 2 fully saturated rings. The lowest BCUT2D eigenvalue weighted by molar-refractivity contribution is -0.122. The fraction of sp³-hybridized carbons (Fsp3) is 0.588. The molecule has 0 radical (unpaired) electrons. The van der Waals surface area contributed by atoms with Crippen molar-refractivity contribution in [1.82, 2.24) is 5.32 Å². The zero-order valence-electron chi connectivity index (χ0n) is 12.1. The summed E-state index contributed by atoms with van der Waals surface area (Å²) in [6.45, 7) is 0.640. The predicted octanol–water partition coefficient (Wildman–Crippen LogP) is 4.48. The maximum absolute atomic E-state index is 12.0. The van der Waals surface area contributed by atoms with Crippen molar-refractivity contribution in [2.75, 3.05) is 6.54 Å². The molecule has 4 heteroatoms. The molecule has 0 aliphatic heterocycles. The number of halogens is 2. The fourth-order valence-corrected chi connectivity index (χ4v) is 4.50. The van der Waals surface area contributed by atoms with E-state index in [4.69, 9.17) is 23.2 Å². The molecular formula is C17H21Cl2NO. The molecule has 0 unspecified atom stereocenters. The highest BCUT2D eigenvalue weighted by Gasteiger charge is 2.39. The van der Waals surface area contributed by atoms with Crippen LogP contribution < -0.4 is 5.32 Å². The van der Waals surface area contributed by atoms with E-state index in [0.717, 1.165) is 23.8 Å². The number of amides is 1. The summed E-state index contributed by atoms with van der Waals surface area (Å²) in [5, 5.41) is 4.34. The number of carbonyl (C=O) groups is 1. The third kappa shape index (κ3) is 3.73. The Morgan fingerprint density at radius 1 is 1.24 bits per heavy atom. The number of rotatable bonds is 5. The molecular weight excluding hydrogens is 305 g/mol. The van der Waals surface area contributed by atoms with Crippen molar-refractivity contribution in [3.05, 3.63) is 33.8 Å². The maximum Gasteiger partial charge on any atom is 0.220 e. The largest absolute Gasteiger partial charge is 0.356 e. The van der Waals surface area contributed by atoms with E-state index in [0.29, 0.717) is 28.9 Å². The van der Waals surface area contributed by atoms with E-state index < -0.39 is 0 Å². The zero-order chi connectivity index (χ0) is 14.8. The van der Waals surface area contributed by atoms with Gasteiger partial charge in [-0.1, -0.05) is 35.7 Å². The van der Waals surface area contributed by atoms with Crippen molar-refractivity contribution in [3.63, 3.8) is 0 Å². The minimum atomic E-state index is 0.192. The van der Waals surface area contributed by atoms with Crippen LogP contribution in [-0.4, -0.2) is 12.5 Å². The van der Waals surface area contributed by atoms with Crippen LogP contribution in [0.3, 0.4) is 0 Å². The van der Waals surface area contributed by atoms with E-state index in [1.54, 1.807) is 6.07 Å². The highest BCUT2D eigenvalue weighted by molar-refractivity contribution is 6.35. The van der Waals surface area contributed by atoms with Gasteiger partial charge < -0.3 is 5.32 Å². The van der Waals surface area contributed by atoms with Gasteiger partial charge in [0.1, 0.15) is 0 Å². The number of fused-ring (bicyclic) bond motifs is 2. The molecule has 3 rings (SSSR count). The van der Waals surface area contributed by atoms with Gasteiger partial charge >= 0.3 is 0 Å². The maximum atomic E-state index is 12.0. The van der Waals surface area contributed by atoms with E-state index in [2.05, 4.69) is 5.32 Å². The van der Waals surface area contributed by atoms with Crippen LogP contribution in [0.5, 0.6) is 0 Å². The summed E-state index contributed by atoms with van der Waals surface area (Å²) in [7, 11) is 0. The summed E-state index contributed by atoms with van der Waals surface area (Å²) in [4.78, 5) is 12.0. The lowest BCUT2D eigenvalue weighted by atomic mass is 9.86. The Morgan fingerprint density at radius 3 is 2.76 bits per heavy atom. The molecule has 1 N–H and O–H groups in total. The molecule has 0 heterocycles.